The number of alkyl halides is 3. The molecule has 8 rings (SSSR count). The van der Waals surface area contributed by atoms with Crippen LogP contribution in [0.3, 0.4) is 0 Å². The van der Waals surface area contributed by atoms with Gasteiger partial charge in [-0.05, 0) is 53.6 Å². The molecule has 0 aliphatic carbocycles. The van der Waals surface area contributed by atoms with Crippen molar-refractivity contribution in [2.75, 3.05) is 0 Å². The molecule has 0 aliphatic heterocycles. The van der Waals surface area contributed by atoms with E-state index in [9.17, 15) is 23.7 Å². The zero-order valence-corrected chi connectivity index (χ0v) is 26.6. The fourth-order valence-electron chi connectivity index (χ4n) is 6.42. The molecule has 2 aromatic heterocycles. The minimum absolute atomic E-state index is 0.0322. The smallest absolute Gasteiger partial charge is 0.309 e. The van der Waals surface area contributed by atoms with E-state index in [2.05, 4.69) is 12.1 Å². The summed E-state index contributed by atoms with van der Waals surface area (Å²) in [6.07, 6.45) is -4.63. The highest BCUT2D eigenvalue weighted by Gasteiger charge is 2.34. The number of nitrogens with zero attached hydrogens (tertiary/aromatic N) is 6. The lowest BCUT2D eigenvalue weighted by Crippen LogP contribution is -2.08. The van der Waals surface area contributed by atoms with Crippen LogP contribution in [-0.4, -0.2) is 19.5 Å². The zero-order valence-electron chi connectivity index (χ0n) is 26.6. The highest BCUT2D eigenvalue weighted by Crippen LogP contribution is 2.42. The van der Waals surface area contributed by atoms with Gasteiger partial charge < -0.3 is 4.57 Å². The Hall–Kier alpha value is -7.10. The molecule has 0 fully saturated rings. The van der Waals surface area contributed by atoms with E-state index >= 15 is 0 Å². The van der Waals surface area contributed by atoms with Gasteiger partial charge >= 0.3 is 6.18 Å². The molecular weight excluding hydrogens is 645 g/mol. The van der Waals surface area contributed by atoms with Gasteiger partial charge in [0, 0.05) is 33.2 Å². The third kappa shape index (κ3) is 5.63. The van der Waals surface area contributed by atoms with Crippen LogP contribution >= 0.6 is 0 Å². The van der Waals surface area contributed by atoms with E-state index in [4.69, 9.17) is 15.0 Å². The van der Waals surface area contributed by atoms with E-state index in [1.807, 2.05) is 77.4 Å². The monoisotopic (exact) mass is 668 g/mol. The Labute approximate surface area is 290 Å². The molecule has 0 N–H and O–H groups in total. The van der Waals surface area contributed by atoms with Gasteiger partial charge in [0.05, 0.1) is 39.9 Å². The normalized spacial score (nSPS) is 11.4. The highest BCUT2D eigenvalue weighted by molar-refractivity contribution is 6.10. The number of nitriles is 2. The topological polar surface area (TPSA) is 91.2 Å². The molecular formula is C42H23F3N6. The molecule has 0 spiro atoms. The van der Waals surface area contributed by atoms with Gasteiger partial charge in [0.15, 0.2) is 17.5 Å². The number of hydrogen-bond acceptors (Lipinski definition) is 5. The van der Waals surface area contributed by atoms with Crippen LogP contribution in [0.15, 0.2) is 140 Å². The molecule has 0 atom stereocenters. The number of benzene rings is 6. The Balaban J connectivity index is 1.48. The van der Waals surface area contributed by atoms with Crippen LogP contribution in [0.2, 0.25) is 0 Å². The van der Waals surface area contributed by atoms with Gasteiger partial charge in [0.25, 0.3) is 0 Å². The first kappa shape index (κ1) is 31.2. The van der Waals surface area contributed by atoms with Gasteiger partial charge in [-0.2, -0.15) is 23.7 Å². The van der Waals surface area contributed by atoms with Crippen LogP contribution < -0.4 is 0 Å². The fraction of sp³-hybridized carbons (Fsp3) is 0.0238. The van der Waals surface area contributed by atoms with Crippen LogP contribution in [0.4, 0.5) is 13.2 Å². The molecule has 0 radical (unpaired) electrons. The van der Waals surface area contributed by atoms with E-state index in [-0.39, 0.29) is 17.0 Å². The van der Waals surface area contributed by atoms with Gasteiger partial charge in [-0.15, -0.1) is 0 Å². The highest BCUT2D eigenvalue weighted by atomic mass is 19.4. The minimum Gasteiger partial charge on any atom is -0.309 e. The summed E-state index contributed by atoms with van der Waals surface area (Å²) in [4.78, 5) is 14.5. The van der Waals surface area contributed by atoms with Crippen molar-refractivity contribution in [1.29, 1.82) is 10.5 Å². The largest absolute Gasteiger partial charge is 0.417 e. The maximum Gasteiger partial charge on any atom is 0.417 e. The summed E-state index contributed by atoms with van der Waals surface area (Å²) in [7, 11) is 0. The Bertz CT molecular complexity index is 2580. The van der Waals surface area contributed by atoms with Gasteiger partial charge in [0.2, 0.25) is 0 Å². The van der Waals surface area contributed by atoms with Gasteiger partial charge in [-0.3, -0.25) is 0 Å². The minimum atomic E-state index is -4.63. The summed E-state index contributed by atoms with van der Waals surface area (Å²) in [5, 5.41) is 21.3. The number of hydrogen-bond donors (Lipinski definition) is 0. The second-order valence-corrected chi connectivity index (χ2v) is 11.8. The maximum atomic E-state index is 14.5. The van der Waals surface area contributed by atoms with Crippen LogP contribution in [0.5, 0.6) is 0 Å². The predicted molar refractivity (Wildman–Crippen MR) is 190 cm³/mol. The molecule has 9 heteroatoms. The van der Waals surface area contributed by atoms with Crippen molar-refractivity contribution < 1.29 is 13.2 Å². The first-order valence-corrected chi connectivity index (χ1v) is 15.9. The first-order chi connectivity index (χ1) is 24.8. The van der Waals surface area contributed by atoms with Gasteiger partial charge in [-0.25, -0.2) is 15.0 Å². The molecule has 6 nitrogen and oxygen atoms in total. The third-order valence-electron chi connectivity index (χ3n) is 8.75. The lowest BCUT2D eigenvalue weighted by atomic mass is 9.94. The SMILES string of the molecule is N#Cc1ccc2c3ccc(C#N)cc3n(-c3ccc(-c4ccccc4C(F)(F)F)c(-c4nc(-c5ccccc5)nc(-c5ccccc5)n4)c3)c2c1. The molecule has 0 saturated carbocycles. The van der Waals surface area contributed by atoms with Gasteiger partial charge in [-0.1, -0.05) is 97.1 Å². The number of rotatable bonds is 5. The second kappa shape index (κ2) is 12.4. The van der Waals surface area contributed by atoms with Crippen molar-refractivity contribution >= 4 is 21.8 Å². The third-order valence-corrected chi connectivity index (χ3v) is 8.75. The van der Waals surface area contributed by atoms with E-state index < -0.39 is 11.7 Å². The molecule has 8 aromatic rings. The maximum absolute atomic E-state index is 14.5. The molecule has 242 valence electrons. The number of halogens is 3. The van der Waals surface area contributed by atoms with Crippen molar-refractivity contribution in [2.45, 2.75) is 6.18 Å². The average Bonchev–Trinajstić information content (AvgIpc) is 3.50. The lowest BCUT2D eigenvalue weighted by Gasteiger charge is -2.18. The van der Waals surface area contributed by atoms with Crippen LogP contribution in [0, 0.1) is 22.7 Å². The van der Waals surface area contributed by atoms with Crippen molar-refractivity contribution in [2.24, 2.45) is 0 Å². The summed E-state index contributed by atoms with van der Waals surface area (Å²) in [5.74, 6) is 0.885. The summed E-state index contributed by atoms with van der Waals surface area (Å²) in [6.45, 7) is 0. The van der Waals surface area contributed by atoms with Gasteiger partial charge in [0.1, 0.15) is 0 Å². The number of fused-ring (bicyclic) bond motifs is 3. The Morgan fingerprint density at radius 3 is 1.53 bits per heavy atom. The fourth-order valence-corrected chi connectivity index (χ4v) is 6.42. The Morgan fingerprint density at radius 1 is 0.490 bits per heavy atom. The zero-order chi connectivity index (χ0) is 35.1. The van der Waals surface area contributed by atoms with Crippen molar-refractivity contribution in [3.63, 3.8) is 0 Å². The average molecular weight is 669 g/mol. The van der Waals surface area contributed by atoms with E-state index in [1.165, 1.54) is 12.1 Å². The first-order valence-electron chi connectivity index (χ1n) is 15.9. The molecule has 0 unspecified atom stereocenters. The molecule has 0 aliphatic rings. The van der Waals surface area contributed by atoms with Crippen LogP contribution in [-0.2, 0) is 6.18 Å². The van der Waals surface area contributed by atoms with E-state index in [0.717, 1.165) is 16.8 Å². The lowest BCUT2D eigenvalue weighted by molar-refractivity contribution is -0.137. The molecule has 2 heterocycles. The Morgan fingerprint density at radius 2 is 1.00 bits per heavy atom. The van der Waals surface area contributed by atoms with Crippen molar-refractivity contribution in [1.82, 2.24) is 19.5 Å². The molecule has 0 amide bonds. The Kier molecular flexibility index (Phi) is 7.59. The quantitative estimate of drug-likeness (QED) is 0.182. The van der Waals surface area contributed by atoms with E-state index in [1.54, 1.807) is 48.5 Å². The van der Waals surface area contributed by atoms with Crippen LogP contribution in [0.25, 0.3) is 72.8 Å². The van der Waals surface area contributed by atoms with Crippen molar-refractivity contribution in [3.05, 3.63) is 156 Å². The number of aromatic nitrogens is 4. The molecule has 0 saturated heterocycles. The van der Waals surface area contributed by atoms with Crippen molar-refractivity contribution in [3.8, 4) is 63.1 Å². The summed E-state index contributed by atoms with van der Waals surface area (Å²) in [5.41, 5.74) is 4.02. The summed E-state index contributed by atoms with van der Waals surface area (Å²) >= 11 is 0. The van der Waals surface area contributed by atoms with Crippen LogP contribution in [0.1, 0.15) is 16.7 Å². The van der Waals surface area contributed by atoms with E-state index in [0.29, 0.717) is 56.2 Å². The predicted octanol–water partition coefficient (Wildman–Crippen LogP) is 10.4. The standard InChI is InChI=1S/C42H23F3N6/c43-42(44,45)36-14-8-7-13-32(36)31-20-17-30(51-37-21-26(24-46)15-18-33(37)34-19-16-27(25-47)22-38(34)51)23-35(31)41-49-39(28-9-3-1-4-10-28)48-40(50-41)29-11-5-2-6-12-29/h1-23H. The summed E-state index contributed by atoms with van der Waals surface area (Å²) < 4.78 is 45.5. The summed E-state index contributed by atoms with van der Waals surface area (Å²) in [6, 6.07) is 44.3. The second-order valence-electron chi connectivity index (χ2n) is 11.8. The molecule has 6 aromatic carbocycles. The molecule has 0 bridgehead atoms. The molecule has 51 heavy (non-hydrogen) atoms.